The van der Waals surface area contributed by atoms with E-state index in [0.29, 0.717) is 16.6 Å². The molecule has 2 amide bonds. The number of benzene rings is 3. The Hall–Kier alpha value is -3.17. The second-order valence-corrected chi connectivity index (χ2v) is 13.3. The SMILES string of the molecule is CC[C@@H](C(=O)NC(C)(C)C)N(Cc1ccc(C)cc1)C(=O)CN(c1cccc(Br)c1)S(=O)(=O)c1ccccc1. The Morgan fingerprint density at radius 3 is 2.15 bits per heavy atom. The molecule has 208 valence electrons. The molecular formula is C30H36BrN3O4S. The van der Waals surface area contributed by atoms with Gasteiger partial charge in [0.25, 0.3) is 10.0 Å². The maximum Gasteiger partial charge on any atom is 0.264 e. The van der Waals surface area contributed by atoms with Crippen LogP contribution in [0.1, 0.15) is 45.2 Å². The highest BCUT2D eigenvalue weighted by atomic mass is 79.9. The lowest BCUT2D eigenvalue weighted by molar-refractivity contribution is -0.141. The molecule has 7 nitrogen and oxygen atoms in total. The minimum absolute atomic E-state index is 0.0698. The van der Waals surface area contributed by atoms with E-state index in [4.69, 9.17) is 0 Å². The zero-order chi connectivity index (χ0) is 28.8. The maximum absolute atomic E-state index is 14.1. The molecule has 3 aromatic carbocycles. The van der Waals surface area contributed by atoms with Crippen molar-refractivity contribution in [3.8, 4) is 0 Å². The van der Waals surface area contributed by atoms with E-state index in [0.717, 1.165) is 15.4 Å². The maximum atomic E-state index is 14.1. The molecular weight excluding hydrogens is 578 g/mol. The molecule has 39 heavy (non-hydrogen) atoms. The molecule has 0 spiro atoms. The van der Waals surface area contributed by atoms with Crippen LogP contribution in [0.3, 0.4) is 0 Å². The summed E-state index contributed by atoms with van der Waals surface area (Å²) in [6.07, 6.45) is 0.363. The standard InChI is InChI=1S/C30H36BrN3O4S/c1-6-27(29(36)32-30(3,4)5)33(20-23-17-15-22(2)16-18-23)28(35)21-34(25-12-10-11-24(31)19-25)39(37,38)26-13-8-7-9-14-26/h7-19,27H,6,20-21H2,1-5H3,(H,32,36)/t27-/m0/s1. The van der Waals surface area contributed by atoms with E-state index in [2.05, 4.69) is 21.2 Å². The van der Waals surface area contributed by atoms with E-state index in [1.165, 1.54) is 17.0 Å². The number of rotatable bonds is 10. The van der Waals surface area contributed by atoms with Crippen molar-refractivity contribution >= 4 is 43.5 Å². The summed E-state index contributed by atoms with van der Waals surface area (Å²) in [5.41, 5.74) is 1.76. The van der Waals surface area contributed by atoms with Crippen molar-refractivity contribution in [1.82, 2.24) is 10.2 Å². The van der Waals surface area contributed by atoms with Crippen LogP contribution in [0.25, 0.3) is 0 Å². The highest BCUT2D eigenvalue weighted by Crippen LogP contribution is 2.27. The monoisotopic (exact) mass is 613 g/mol. The molecule has 9 heteroatoms. The van der Waals surface area contributed by atoms with Crippen LogP contribution >= 0.6 is 15.9 Å². The molecule has 1 atom stereocenters. The summed E-state index contributed by atoms with van der Waals surface area (Å²) in [6.45, 7) is 9.14. The van der Waals surface area contributed by atoms with Gasteiger partial charge >= 0.3 is 0 Å². The number of hydrogen-bond donors (Lipinski definition) is 1. The largest absolute Gasteiger partial charge is 0.350 e. The molecule has 0 fully saturated rings. The normalized spacial score (nSPS) is 12.5. The van der Waals surface area contributed by atoms with Crippen molar-refractivity contribution < 1.29 is 18.0 Å². The van der Waals surface area contributed by atoms with Crippen LogP contribution in [0.4, 0.5) is 5.69 Å². The number of nitrogens with zero attached hydrogens (tertiary/aromatic N) is 2. The third kappa shape index (κ3) is 8.16. The summed E-state index contributed by atoms with van der Waals surface area (Å²) in [4.78, 5) is 29.0. The van der Waals surface area contributed by atoms with Crippen molar-refractivity contribution in [3.63, 3.8) is 0 Å². The van der Waals surface area contributed by atoms with Gasteiger partial charge in [0, 0.05) is 16.6 Å². The van der Waals surface area contributed by atoms with Gasteiger partial charge in [-0.1, -0.05) is 76.9 Å². The van der Waals surface area contributed by atoms with Crippen LogP contribution in [0.2, 0.25) is 0 Å². The minimum atomic E-state index is -4.09. The van der Waals surface area contributed by atoms with E-state index in [9.17, 15) is 18.0 Å². The molecule has 0 saturated carbocycles. The van der Waals surface area contributed by atoms with Gasteiger partial charge in [-0.05, 0) is 70.0 Å². The van der Waals surface area contributed by atoms with E-state index in [1.807, 2.05) is 58.9 Å². The Balaban J connectivity index is 2.06. The van der Waals surface area contributed by atoms with E-state index in [1.54, 1.807) is 42.5 Å². The first kappa shape index (κ1) is 30.4. The van der Waals surface area contributed by atoms with Gasteiger partial charge in [0.1, 0.15) is 12.6 Å². The first-order valence-corrected chi connectivity index (χ1v) is 15.1. The molecule has 0 aliphatic heterocycles. The zero-order valence-corrected chi connectivity index (χ0v) is 25.4. The first-order valence-electron chi connectivity index (χ1n) is 12.8. The number of carbonyl (C=O) groups excluding carboxylic acids is 2. The fraction of sp³-hybridized carbons (Fsp3) is 0.333. The van der Waals surface area contributed by atoms with E-state index >= 15 is 0 Å². The molecule has 0 aliphatic carbocycles. The van der Waals surface area contributed by atoms with Crippen LogP contribution in [0.15, 0.2) is 88.2 Å². The summed E-state index contributed by atoms with van der Waals surface area (Å²) in [7, 11) is -4.09. The third-order valence-corrected chi connectivity index (χ3v) is 8.35. The third-order valence-electron chi connectivity index (χ3n) is 6.06. The van der Waals surface area contributed by atoms with E-state index < -0.39 is 34.1 Å². The van der Waals surface area contributed by atoms with Gasteiger partial charge in [-0.2, -0.15) is 0 Å². The first-order chi connectivity index (χ1) is 18.3. The van der Waals surface area contributed by atoms with Crippen LogP contribution in [0, 0.1) is 6.92 Å². The van der Waals surface area contributed by atoms with Crippen LogP contribution < -0.4 is 9.62 Å². The van der Waals surface area contributed by atoms with Crippen molar-refractivity contribution in [1.29, 1.82) is 0 Å². The molecule has 0 aliphatic rings. The summed E-state index contributed by atoms with van der Waals surface area (Å²) in [6, 6.07) is 21.7. The molecule has 0 unspecified atom stereocenters. The average molecular weight is 615 g/mol. The Bertz CT molecular complexity index is 1390. The lowest BCUT2D eigenvalue weighted by Gasteiger charge is -2.34. The fourth-order valence-electron chi connectivity index (χ4n) is 4.14. The van der Waals surface area contributed by atoms with Crippen molar-refractivity contribution in [3.05, 3.63) is 94.5 Å². The molecule has 3 rings (SSSR count). The lowest BCUT2D eigenvalue weighted by atomic mass is 10.1. The van der Waals surface area contributed by atoms with Crippen molar-refractivity contribution in [2.45, 2.75) is 64.1 Å². The van der Waals surface area contributed by atoms with Gasteiger partial charge in [0.2, 0.25) is 11.8 Å². The average Bonchev–Trinajstić information content (AvgIpc) is 2.87. The smallest absolute Gasteiger partial charge is 0.264 e. The predicted molar refractivity (Wildman–Crippen MR) is 159 cm³/mol. The van der Waals surface area contributed by atoms with Crippen molar-refractivity contribution in [2.24, 2.45) is 0 Å². The number of halogens is 1. The molecule has 0 saturated heterocycles. The van der Waals surface area contributed by atoms with Gasteiger partial charge in [-0.15, -0.1) is 0 Å². The Morgan fingerprint density at radius 2 is 1.59 bits per heavy atom. The summed E-state index contributed by atoms with van der Waals surface area (Å²) in [5, 5.41) is 2.98. The second kappa shape index (κ2) is 12.8. The molecule has 0 heterocycles. The lowest BCUT2D eigenvalue weighted by Crippen LogP contribution is -2.55. The predicted octanol–water partition coefficient (Wildman–Crippen LogP) is 5.67. The Kier molecular flexibility index (Phi) is 9.96. The molecule has 0 bridgehead atoms. The highest BCUT2D eigenvalue weighted by Gasteiger charge is 2.34. The number of sulfonamides is 1. The van der Waals surface area contributed by atoms with Gasteiger partial charge in [0.15, 0.2) is 0 Å². The molecule has 0 aromatic heterocycles. The number of nitrogens with one attached hydrogen (secondary N) is 1. The Morgan fingerprint density at radius 1 is 0.949 bits per heavy atom. The zero-order valence-electron chi connectivity index (χ0n) is 23.0. The minimum Gasteiger partial charge on any atom is -0.350 e. The number of hydrogen-bond acceptors (Lipinski definition) is 4. The molecule has 3 aromatic rings. The van der Waals surface area contributed by atoms with Crippen molar-refractivity contribution in [2.75, 3.05) is 10.8 Å². The fourth-order valence-corrected chi connectivity index (χ4v) is 5.96. The van der Waals surface area contributed by atoms with Gasteiger partial charge < -0.3 is 10.2 Å². The van der Waals surface area contributed by atoms with E-state index in [-0.39, 0.29) is 17.3 Å². The quantitative estimate of drug-likeness (QED) is 0.319. The number of carbonyl (C=O) groups is 2. The van der Waals surface area contributed by atoms with Gasteiger partial charge in [0.05, 0.1) is 10.6 Å². The summed E-state index contributed by atoms with van der Waals surface area (Å²) >= 11 is 3.41. The topological polar surface area (TPSA) is 86.8 Å². The summed E-state index contributed by atoms with van der Waals surface area (Å²) in [5.74, 6) is -0.767. The molecule has 1 N–H and O–H groups in total. The Labute approximate surface area is 240 Å². The number of amides is 2. The molecule has 0 radical (unpaired) electrons. The number of anilines is 1. The van der Waals surface area contributed by atoms with Gasteiger partial charge in [-0.25, -0.2) is 8.42 Å². The van der Waals surface area contributed by atoms with Crippen LogP contribution in [-0.4, -0.2) is 43.3 Å². The second-order valence-electron chi connectivity index (χ2n) is 10.5. The highest BCUT2D eigenvalue weighted by molar-refractivity contribution is 9.10. The van der Waals surface area contributed by atoms with Gasteiger partial charge in [-0.3, -0.25) is 13.9 Å². The number of aryl methyl sites for hydroxylation is 1. The van der Waals surface area contributed by atoms with Crippen LogP contribution in [0.5, 0.6) is 0 Å². The summed E-state index contributed by atoms with van der Waals surface area (Å²) < 4.78 is 29.4. The van der Waals surface area contributed by atoms with Crippen LogP contribution in [-0.2, 0) is 26.2 Å².